The third-order valence-electron chi connectivity index (χ3n) is 5.82. The van der Waals surface area contributed by atoms with Gasteiger partial charge in [-0.05, 0) is 41.8 Å². The van der Waals surface area contributed by atoms with E-state index in [-0.39, 0.29) is 30.4 Å². The van der Waals surface area contributed by atoms with E-state index in [1.165, 1.54) is 21.6 Å². The highest BCUT2D eigenvalue weighted by molar-refractivity contribution is 5.95. The molecule has 0 spiro atoms. The number of benzene rings is 1. The molecule has 3 aromatic heterocycles. The van der Waals surface area contributed by atoms with Gasteiger partial charge >= 0.3 is 5.97 Å². The second-order valence-electron chi connectivity index (χ2n) is 7.98. The molecule has 0 fully saturated rings. The van der Waals surface area contributed by atoms with Gasteiger partial charge in [0.05, 0.1) is 12.0 Å². The first-order valence-electron chi connectivity index (χ1n) is 10.6. The van der Waals surface area contributed by atoms with E-state index in [0.717, 1.165) is 16.7 Å². The zero-order chi connectivity index (χ0) is 22.9. The van der Waals surface area contributed by atoms with Crippen molar-refractivity contribution in [3.63, 3.8) is 0 Å². The monoisotopic (exact) mass is 443 g/mol. The number of hydrogen-bond donors (Lipinski definition) is 0. The van der Waals surface area contributed by atoms with Gasteiger partial charge in [0.25, 0.3) is 11.5 Å². The second kappa shape index (κ2) is 8.38. The zero-order valence-corrected chi connectivity index (χ0v) is 17.9. The second-order valence-corrected chi connectivity index (χ2v) is 7.98. The molecular weight excluding hydrogens is 422 g/mol. The lowest BCUT2D eigenvalue weighted by molar-refractivity contribution is -0.151. The lowest BCUT2D eigenvalue weighted by Gasteiger charge is -2.34. The Balaban J connectivity index is 1.40. The molecule has 0 aliphatic carbocycles. The van der Waals surface area contributed by atoms with Gasteiger partial charge < -0.3 is 14.1 Å². The Morgan fingerprint density at radius 1 is 1.12 bits per heavy atom. The number of aromatic nitrogens is 2. The number of fused-ring (bicyclic) bond motifs is 2. The van der Waals surface area contributed by atoms with Gasteiger partial charge in [-0.15, -0.1) is 0 Å². The molecule has 0 bridgehead atoms. The molecule has 1 aliphatic heterocycles. The van der Waals surface area contributed by atoms with Crippen LogP contribution in [0.3, 0.4) is 0 Å². The van der Waals surface area contributed by atoms with Crippen LogP contribution < -0.4 is 5.56 Å². The van der Waals surface area contributed by atoms with Crippen molar-refractivity contribution < 1.29 is 18.7 Å². The molecule has 1 aliphatic rings. The minimum atomic E-state index is -0.819. The summed E-state index contributed by atoms with van der Waals surface area (Å²) in [7, 11) is 0. The summed E-state index contributed by atoms with van der Waals surface area (Å²) >= 11 is 0. The van der Waals surface area contributed by atoms with E-state index in [9.17, 15) is 14.4 Å². The fourth-order valence-electron chi connectivity index (χ4n) is 4.11. The van der Waals surface area contributed by atoms with Gasteiger partial charge in [-0.1, -0.05) is 30.3 Å². The number of ether oxygens (including phenoxy) is 1. The van der Waals surface area contributed by atoms with Crippen LogP contribution in [0.5, 0.6) is 0 Å². The quantitative estimate of drug-likeness (QED) is 0.450. The van der Waals surface area contributed by atoms with Gasteiger partial charge in [-0.25, -0.2) is 9.78 Å². The predicted octanol–water partition coefficient (Wildman–Crippen LogP) is 2.91. The van der Waals surface area contributed by atoms with E-state index in [1.54, 1.807) is 24.4 Å². The average molecular weight is 443 g/mol. The van der Waals surface area contributed by atoms with E-state index < -0.39 is 12.0 Å². The van der Waals surface area contributed by atoms with Crippen molar-refractivity contribution in [1.29, 1.82) is 0 Å². The maximum absolute atomic E-state index is 13.1. The van der Waals surface area contributed by atoms with Crippen LogP contribution in [0.2, 0.25) is 0 Å². The summed E-state index contributed by atoms with van der Waals surface area (Å²) in [5, 5.41) is 0. The number of carbonyl (C=O) groups is 2. The first-order valence-corrected chi connectivity index (χ1v) is 10.6. The van der Waals surface area contributed by atoms with Gasteiger partial charge in [-0.2, -0.15) is 0 Å². The lowest BCUT2D eigenvalue weighted by atomic mass is 9.93. The van der Waals surface area contributed by atoms with Gasteiger partial charge in [0.1, 0.15) is 18.3 Å². The van der Waals surface area contributed by atoms with Crippen molar-refractivity contribution >= 4 is 17.5 Å². The molecule has 1 unspecified atom stereocenters. The third-order valence-corrected chi connectivity index (χ3v) is 5.82. The van der Waals surface area contributed by atoms with E-state index in [0.29, 0.717) is 17.8 Å². The molecule has 1 aromatic carbocycles. The van der Waals surface area contributed by atoms with Crippen LogP contribution in [-0.4, -0.2) is 32.2 Å². The summed E-state index contributed by atoms with van der Waals surface area (Å²) in [6.45, 7) is 1.96. The number of pyridine rings is 1. The Bertz CT molecular complexity index is 1410. The van der Waals surface area contributed by atoms with E-state index in [4.69, 9.17) is 9.15 Å². The van der Waals surface area contributed by atoms with Crippen LogP contribution in [0.4, 0.5) is 0 Å². The SMILES string of the molecule is Cc1cccn2c(=O)cc(COC(=O)C3Cc4ccccc4CN3C(=O)c3ccco3)nc12. The number of furan rings is 1. The molecule has 5 rings (SSSR count). The molecule has 0 N–H and O–H groups in total. The van der Waals surface area contributed by atoms with Gasteiger partial charge in [-0.3, -0.25) is 14.0 Å². The Labute approximate surface area is 189 Å². The van der Waals surface area contributed by atoms with Crippen LogP contribution >= 0.6 is 0 Å². The normalized spacial score (nSPS) is 15.3. The standard InChI is InChI=1S/C25H21N3O5/c1-16-6-4-10-27-22(29)13-19(26-23(16)27)15-33-25(31)20-12-17-7-2-3-8-18(17)14-28(20)24(30)21-9-5-11-32-21/h2-11,13,20H,12,14-15H2,1H3. The summed E-state index contributed by atoms with van der Waals surface area (Å²) in [4.78, 5) is 44.5. The first kappa shape index (κ1) is 20.7. The molecule has 0 saturated heterocycles. The minimum Gasteiger partial charge on any atom is -0.459 e. The maximum Gasteiger partial charge on any atom is 0.329 e. The van der Waals surface area contributed by atoms with E-state index in [2.05, 4.69) is 4.98 Å². The molecule has 1 atom stereocenters. The summed E-state index contributed by atoms with van der Waals surface area (Å²) in [6.07, 6.45) is 3.39. The van der Waals surface area contributed by atoms with Crippen molar-refractivity contribution in [3.8, 4) is 0 Å². The minimum absolute atomic E-state index is 0.159. The molecule has 8 heteroatoms. The van der Waals surface area contributed by atoms with E-state index in [1.807, 2.05) is 37.3 Å². The smallest absolute Gasteiger partial charge is 0.329 e. The van der Waals surface area contributed by atoms with Crippen LogP contribution in [0.15, 0.2) is 76.3 Å². The summed E-state index contributed by atoms with van der Waals surface area (Å²) in [5.41, 5.74) is 3.40. The van der Waals surface area contributed by atoms with Crippen molar-refractivity contribution in [1.82, 2.24) is 14.3 Å². The van der Waals surface area contributed by atoms with Crippen LogP contribution in [0, 0.1) is 6.92 Å². The molecule has 4 aromatic rings. The number of esters is 1. The topological polar surface area (TPSA) is 94.1 Å². The summed E-state index contributed by atoms with van der Waals surface area (Å²) in [5.74, 6) is -0.780. The van der Waals surface area contributed by atoms with Crippen LogP contribution in [0.1, 0.15) is 32.9 Å². The van der Waals surface area contributed by atoms with Gasteiger partial charge in [0.15, 0.2) is 5.76 Å². The fraction of sp³-hybridized carbons (Fsp3) is 0.200. The Morgan fingerprint density at radius 3 is 2.73 bits per heavy atom. The summed E-state index contributed by atoms with van der Waals surface area (Å²) in [6, 6.07) is 15.0. The molecule has 33 heavy (non-hydrogen) atoms. The Hall–Kier alpha value is -4.20. The number of rotatable bonds is 4. The van der Waals surface area contributed by atoms with Gasteiger partial charge in [0, 0.05) is 25.2 Å². The highest BCUT2D eigenvalue weighted by atomic mass is 16.5. The van der Waals surface area contributed by atoms with Crippen LogP contribution in [0.25, 0.3) is 5.65 Å². The van der Waals surface area contributed by atoms with Gasteiger partial charge in [0.2, 0.25) is 0 Å². The average Bonchev–Trinajstić information content (AvgIpc) is 3.37. The predicted molar refractivity (Wildman–Crippen MR) is 119 cm³/mol. The number of amides is 1. The van der Waals surface area contributed by atoms with Crippen LogP contribution in [-0.2, 0) is 29.1 Å². The molecular formula is C25H21N3O5. The van der Waals surface area contributed by atoms with E-state index >= 15 is 0 Å². The molecule has 1 amide bonds. The van der Waals surface area contributed by atoms with Crippen molar-refractivity contribution in [2.75, 3.05) is 0 Å². The molecule has 166 valence electrons. The Morgan fingerprint density at radius 2 is 1.94 bits per heavy atom. The number of carbonyl (C=O) groups excluding carboxylic acids is 2. The third kappa shape index (κ3) is 3.91. The molecule has 0 radical (unpaired) electrons. The number of aryl methyl sites for hydroxylation is 1. The largest absolute Gasteiger partial charge is 0.459 e. The highest BCUT2D eigenvalue weighted by Crippen LogP contribution is 2.26. The summed E-state index contributed by atoms with van der Waals surface area (Å²) < 4.78 is 12.3. The number of nitrogens with zero attached hydrogens (tertiary/aromatic N) is 3. The molecule has 8 nitrogen and oxygen atoms in total. The van der Waals surface area contributed by atoms with Crippen molar-refractivity contribution in [3.05, 3.63) is 106 Å². The maximum atomic E-state index is 13.1. The zero-order valence-electron chi connectivity index (χ0n) is 17.9. The fourth-order valence-corrected chi connectivity index (χ4v) is 4.11. The first-order chi connectivity index (χ1) is 16.0. The molecule has 4 heterocycles. The number of hydrogen-bond acceptors (Lipinski definition) is 6. The highest BCUT2D eigenvalue weighted by Gasteiger charge is 2.37. The van der Waals surface area contributed by atoms with Crippen molar-refractivity contribution in [2.24, 2.45) is 0 Å². The molecule has 0 saturated carbocycles. The lowest BCUT2D eigenvalue weighted by Crippen LogP contribution is -2.49. The van der Waals surface area contributed by atoms with Crippen molar-refractivity contribution in [2.45, 2.75) is 32.5 Å². The Kier molecular flexibility index (Phi) is 5.26.